The van der Waals surface area contributed by atoms with Gasteiger partial charge >= 0.3 is 5.97 Å². The highest BCUT2D eigenvalue weighted by atomic mass is 16.6. The fourth-order valence-corrected chi connectivity index (χ4v) is 1.57. The highest BCUT2D eigenvalue weighted by Crippen LogP contribution is 2.22. The number of rotatable bonds is 1. The molecular formula is C9H16O3. The molecule has 0 saturated carbocycles. The number of carbonyl (C=O) groups excluding carboxylic acids is 1. The molecule has 0 aromatic rings. The van der Waals surface area contributed by atoms with E-state index in [1.54, 1.807) is 0 Å². The Hall–Kier alpha value is -0.570. The van der Waals surface area contributed by atoms with E-state index in [1.165, 1.54) is 6.92 Å². The molecule has 0 bridgehead atoms. The summed E-state index contributed by atoms with van der Waals surface area (Å²) in [5, 5.41) is 0. The van der Waals surface area contributed by atoms with Crippen LogP contribution >= 0.6 is 0 Å². The van der Waals surface area contributed by atoms with E-state index in [4.69, 9.17) is 9.47 Å². The molecule has 3 heteroatoms. The van der Waals surface area contributed by atoms with Gasteiger partial charge in [0.2, 0.25) is 0 Å². The summed E-state index contributed by atoms with van der Waals surface area (Å²) >= 11 is 0. The van der Waals surface area contributed by atoms with E-state index < -0.39 is 0 Å². The summed E-state index contributed by atoms with van der Waals surface area (Å²) in [4.78, 5) is 10.7. The summed E-state index contributed by atoms with van der Waals surface area (Å²) in [6.45, 7) is 6.25. The zero-order chi connectivity index (χ0) is 9.14. The summed E-state index contributed by atoms with van der Waals surface area (Å²) in [6.07, 6.45) is 0.955. The van der Waals surface area contributed by atoms with Crippen LogP contribution in [0.15, 0.2) is 0 Å². The maximum atomic E-state index is 10.7. The Bertz CT molecular complexity index is 157. The van der Waals surface area contributed by atoms with Crippen molar-refractivity contribution in [3.05, 3.63) is 0 Å². The summed E-state index contributed by atoms with van der Waals surface area (Å²) < 4.78 is 10.5. The Morgan fingerprint density at radius 2 is 2.17 bits per heavy atom. The minimum absolute atomic E-state index is 0.0395. The van der Waals surface area contributed by atoms with Gasteiger partial charge in [-0.3, -0.25) is 4.79 Å². The third kappa shape index (κ3) is 2.21. The van der Waals surface area contributed by atoms with E-state index in [-0.39, 0.29) is 18.2 Å². The van der Waals surface area contributed by atoms with Crippen LogP contribution in [0, 0.1) is 5.92 Å². The van der Waals surface area contributed by atoms with Crippen LogP contribution in [0.2, 0.25) is 0 Å². The Kier molecular flexibility index (Phi) is 3.09. The largest absolute Gasteiger partial charge is 0.460 e. The van der Waals surface area contributed by atoms with Crippen LogP contribution in [-0.4, -0.2) is 24.8 Å². The maximum absolute atomic E-state index is 10.7. The standard InChI is InChI=1S/C9H16O3/c1-6-4-5-11-7(2)9(6)12-8(3)10/h6-7,9H,4-5H2,1-3H3/t6-,7-,9+/m0/s1. The number of hydrogen-bond donors (Lipinski definition) is 0. The smallest absolute Gasteiger partial charge is 0.303 e. The van der Waals surface area contributed by atoms with E-state index in [1.807, 2.05) is 6.92 Å². The van der Waals surface area contributed by atoms with E-state index in [0.29, 0.717) is 5.92 Å². The van der Waals surface area contributed by atoms with Crippen molar-refractivity contribution in [2.45, 2.75) is 39.4 Å². The predicted molar refractivity (Wildman–Crippen MR) is 44.7 cm³/mol. The van der Waals surface area contributed by atoms with Crippen molar-refractivity contribution >= 4 is 5.97 Å². The minimum atomic E-state index is -0.218. The summed E-state index contributed by atoms with van der Waals surface area (Å²) in [6, 6.07) is 0. The Balaban J connectivity index is 2.50. The van der Waals surface area contributed by atoms with Crippen LogP contribution in [0.4, 0.5) is 0 Å². The Labute approximate surface area is 73.0 Å². The zero-order valence-corrected chi connectivity index (χ0v) is 7.87. The molecule has 0 N–H and O–H groups in total. The average Bonchev–Trinajstić information content (AvgIpc) is 1.97. The summed E-state index contributed by atoms with van der Waals surface area (Å²) in [7, 11) is 0. The average molecular weight is 172 g/mol. The van der Waals surface area contributed by atoms with Gasteiger partial charge in [-0.25, -0.2) is 0 Å². The van der Waals surface area contributed by atoms with Gasteiger partial charge in [0.25, 0.3) is 0 Å². The van der Waals surface area contributed by atoms with Gasteiger partial charge in [0, 0.05) is 13.5 Å². The van der Waals surface area contributed by atoms with Crippen molar-refractivity contribution in [1.29, 1.82) is 0 Å². The first-order chi connectivity index (χ1) is 5.61. The van der Waals surface area contributed by atoms with Crippen molar-refractivity contribution in [2.75, 3.05) is 6.61 Å². The Morgan fingerprint density at radius 3 is 2.67 bits per heavy atom. The molecule has 0 aliphatic carbocycles. The minimum Gasteiger partial charge on any atom is -0.460 e. The van der Waals surface area contributed by atoms with Gasteiger partial charge in [-0.1, -0.05) is 6.92 Å². The van der Waals surface area contributed by atoms with E-state index in [0.717, 1.165) is 13.0 Å². The molecule has 1 heterocycles. The summed E-state index contributed by atoms with van der Waals surface area (Å²) in [5.41, 5.74) is 0. The van der Waals surface area contributed by atoms with Gasteiger partial charge in [-0.15, -0.1) is 0 Å². The van der Waals surface area contributed by atoms with Crippen molar-refractivity contribution in [3.63, 3.8) is 0 Å². The number of hydrogen-bond acceptors (Lipinski definition) is 3. The molecule has 3 nitrogen and oxygen atoms in total. The molecule has 0 amide bonds. The van der Waals surface area contributed by atoms with Crippen LogP contribution in [0.1, 0.15) is 27.2 Å². The molecule has 1 fully saturated rings. The first-order valence-corrected chi connectivity index (χ1v) is 4.40. The van der Waals surface area contributed by atoms with E-state index in [2.05, 4.69) is 6.92 Å². The van der Waals surface area contributed by atoms with Crippen molar-refractivity contribution < 1.29 is 14.3 Å². The van der Waals surface area contributed by atoms with Gasteiger partial charge in [-0.05, 0) is 19.3 Å². The lowest BCUT2D eigenvalue weighted by Crippen LogP contribution is -2.40. The highest BCUT2D eigenvalue weighted by Gasteiger charge is 2.30. The first-order valence-electron chi connectivity index (χ1n) is 4.40. The highest BCUT2D eigenvalue weighted by molar-refractivity contribution is 5.66. The molecule has 1 rings (SSSR count). The molecule has 0 spiro atoms. The molecule has 70 valence electrons. The van der Waals surface area contributed by atoms with Gasteiger partial charge in [0.1, 0.15) is 6.10 Å². The van der Waals surface area contributed by atoms with Crippen LogP contribution in [0.3, 0.4) is 0 Å². The molecule has 0 unspecified atom stereocenters. The van der Waals surface area contributed by atoms with Gasteiger partial charge in [0.05, 0.1) is 6.10 Å². The van der Waals surface area contributed by atoms with Crippen LogP contribution in [0.25, 0.3) is 0 Å². The third-order valence-corrected chi connectivity index (χ3v) is 2.28. The molecule has 3 atom stereocenters. The monoisotopic (exact) mass is 172 g/mol. The van der Waals surface area contributed by atoms with Crippen molar-refractivity contribution in [1.82, 2.24) is 0 Å². The predicted octanol–water partition coefficient (Wildman–Crippen LogP) is 1.36. The lowest BCUT2D eigenvalue weighted by atomic mass is 9.95. The van der Waals surface area contributed by atoms with Crippen molar-refractivity contribution in [3.8, 4) is 0 Å². The molecule has 1 aliphatic heterocycles. The molecule has 1 saturated heterocycles. The molecule has 12 heavy (non-hydrogen) atoms. The quantitative estimate of drug-likeness (QED) is 0.560. The number of ether oxygens (including phenoxy) is 2. The second kappa shape index (κ2) is 3.90. The normalized spacial score (nSPS) is 36.1. The second-order valence-electron chi connectivity index (χ2n) is 3.42. The van der Waals surface area contributed by atoms with Gasteiger partial charge in [0.15, 0.2) is 0 Å². The van der Waals surface area contributed by atoms with Crippen LogP contribution in [-0.2, 0) is 14.3 Å². The van der Waals surface area contributed by atoms with Crippen molar-refractivity contribution in [2.24, 2.45) is 5.92 Å². The molecule has 0 aromatic heterocycles. The topological polar surface area (TPSA) is 35.5 Å². The number of esters is 1. The van der Waals surface area contributed by atoms with Gasteiger partial charge in [-0.2, -0.15) is 0 Å². The van der Waals surface area contributed by atoms with E-state index in [9.17, 15) is 4.79 Å². The summed E-state index contributed by atoms with van der Waals surface area (Å²) in [5.74, 6) is 0.196. The lowest BCUT2D eigenvalue weighted by Gasteiger charge is -2.33. The molecule has 0 aromatic carbocycles. The second-order valence-corrected chi connectivity index (χ2v) is 3.42. The lowest BCUT2D eigenvalue weighted by molar-refractivity contribution is -0.166. The van der Waals surface area contributed by atoms with Crippen LogP contribution in [0.5, 0.6) is 0 Å². The molecular weight excluding hydrogens is 156 g/mol. The van der Waals surface area contributed by atoms with E-state index >= 15 is 0 Å². The fourth-order valence-electron chi connectivity index (χ4n) is 1.57. The van der Waals surface area contributed by atoms with Crippen LogP contribution < -0.4 is 0 Å². The first kappa shape index (κ1) is 9.52. The zero-order valence-electron chi connectivity index (χ0n) is 7.87. The maximum Gasteiger partial charge on any atom is 0.303 e. The number of carbonyl (C=O) groups is 1. The fraction of sp³-hybridized carbons (Fsp3) is 0.889. The third-order valence-electron chi connectivity index (χ3n) is 2.28. The molecule has 0 radical (unpaired) electrons. The Morgan fingerprint density at radius 1 is 1.50 bits per heavy atom. The van der Waals surface area contributed by atoms with Gasteiger partial charge < -0.3 is 9.47 Å². The SMILES string of the molecule is CC(=O)O[C@H]1[C@H](C)OCC[C@@H]1C. The molecule has 1 aliphatic rings.